The summed E-state index contributed by atoms with van der Waals surface area (Å²) in [6, 6.07) is 3.59. The summed E-state index contributed by atoms with van der Waals surface area (Å²) in [7, 11) is 4.61. The Morgan fingerprint density at radius 1 is 1.10 bits per heavy atom. The molecule has 9 heteroatoms. The van der Waals surface area contributed by atoms with Crippen molar-refractivity contribution in [3.8, 4) is 17.2 Å². The van der Waals surface area contributed by atoms with Crippen LogP contribution in [0.15, 0.2) is 33.4 Å². The van der Waals surface area contributed by atoms with Crippen molar-refractivity contribution in [3.05, 3.63) is 44.9 Å². The number of ketones is 1. The minimum atomic E-state index is -0.579. The van der Waals surface area contributed by atoms with Gasteiger partial charge in [-0.1, -0.05) is 18.7 Å². The standard InChI is InChI=1S/C22H25N3O5S/c1-5-31-22-24-20-18(21(27)25-22)16(17-12(23-20)7-6-8-13(17)26)11-9-14(28-2)19(30-4)15(10-11)29-3/h9-10,16H,5-8H2,1-4H3,(H2,23,24,25,27)/t16-/m0/s1. The molecule has 0 saturated heterocycles. The summed E-state index contributed by atoms with van der Waals surface area (Å²) in [4.78, 5) is 33.7. The predicted octanol–water partition coefficient (Wildman–Crippen LogP) is 3.47. The maximum absolute atomic E-state index is 13.2. The lowest BCUT2D eigenvalue weighted by atomic mass is 9.76. The maximum atomic E-state index is 13.2. The molecule has 31 heavy (non-hydrogen) atoms. The minimum Gasteiger partial charge on any atom is -0.493 e. The zero-order valence-corrected chi connectivity index (χ0v) is 18.8. The number of Topliss-reactive ketones (excluding diaryl/α,β-unsaturated/α-hetero) is 1. The fourth-order valence-corrected chi connectivity index (χ4v) is 4.84. The Morgan fingerprint density at radius 3 is 2.42 bits per heavy atom. The second-order valence-corrected chi connectivity index (χ2v) is 8.50. The molecule has 1 atom stereocenters. The summed E-state index contributed by atoms with van der Waals surface area (Å²) in [6.07, 6.45) is 1.94. The molecule has 1 aliphatic heterocycles. The van der Waals surface area contributed by atoms with Crippen LogP contribution >= 0.6 is 11.8 Å². The third-order valence-electron chi connectivity index (χ3n) is 5.54. The smallest absolute Gasteiger partial charge is 0.257 e. The molecule has 4 rings (SSSR count). The van der Waals surface area contributed by atoms with E-state index in [1.165, 1.54) is 33.1 Å². The van der Waals surface area contributed by atoms with Crippen LogP contribution in [-0.4, -0.2) is 42.8 Å². The van der Waals surface area contributed by atoms with Crippen molar-refractivity contribution in [3.63, 3.8) is 0 Å². The molecule has 0 bridgehead atoms. The number of ether oxygens (including phenoxy) is 3. The summed E-state index contributed by atoms with van der Waals surface area (Å²) in [5.41, 5.74) is 2.30. The first-order valence-corrected chi connectivity index (χ1v) is 11.1. The van der Waals surface area contributed by atoms with Gasteiger partial charge >= 0.3 is 0 Å². The van der Waals surface area contributed by atoms with Crippen LogP contribution in [-0.2, 0) is 4.79 Å². The number of fused-ring (bicyclic) bond motifs is 1. The van der Waals surface area contributed by atoms with E-state index in [4.69, 9.17) is 14.2 Å². The van der Waals surface area contributed by atoms with Gasteiger partial charge in [-0.2, -0.15) is 0 Å². The van der Waals surface area contributed by atoms with Gasteiger partial charge in [0.05, 0.1) is 26.9 Å². The van der Waals surface area contributed by atoms with Gasteiger partial charge in [-0.3, -0.25) is 9.59 Å². The minimum absolute atomic E-state index is 0.0320. The van der Waals surface area contributed by atoms with E-state index in [1.54, 1.807) is 12.1 Å². The van der Waals surface area contributed by atoms with Crippen molar-refractivity contribution < 1.29 is 19.0 Å². The number of aromatic amines is 1. The van der Waals surface area contributed by atoms with Gasteiger partial charge in [-0.25, -0.2) is 4.98 Å². The van der Waals surface area contributed by atoms with Crippen molar-refractivity contribution in [2.75, 3.05) is 32.4 Å². The van der Waals surface area contributed by atoms with Gasteiger partial charge in [0.15, 0.2) is 22.4 Å². The number of carbonyl (C=O) groups excluding carboxylic acids is 1. The molecule has 1 aromatic carbocycles. The molecule has 2 N–H and O–H groups in total. The molecule has 2 heterocycles. The lowest BCUT2D eigenvalue weighted by molar-refractivity contribution is -0.116. The molecule has 2 aliphatic rings. The zero-order chi connectivity index (χ0) is 22.1. The molecule has 0 amide bonds. The fraction of sp³-hybridized carbons (Fsp3) is 0.409. The molecule has 164 valence electrons. The number of anilines is 1. The van der Waals surface area contributed by atoms with Gasteiger partial charge in [0.25, 0.3) is 5.56 Å². The highest BCUT2D eigenvalue weighted by Crippen LogP contribution is 2.47. The highest BCUT2D eigenvalue weighted by Gasteiger charge is 2.38. The van der Waals surface area contributed by atoms with Crippen molar-refractivity contribution in [1.29, 1.82) is 0 Å². The number of allylic oxidation sites excluding steroid dienone is 2. The Balaban J connectivity index is 1.99. The third-order valence-corrected chi connectivity index (χ3v) is 6.29. The molecule has 0 unspecified atom stereocenters. The van der Waals surface area contributed by atoms with Gasteiger partial charge in [-0.05, 0) is 36.3 Å². The molecule has 0 radical (unpaired) electrons. The number of aromatic nitrogens is 2. The van der Waals surface area contributed by atoms with Crippen LogP contribution in [0.5, 0.6) is 17.2 Å². The second kappa shape index (κ2) is 8.66. The molecule has 0 fully saturated rings. The van der Waals surface area contributed by atoms with Crippen LogP contribution in [0.4, 0.5) is 5.82 Å². The van der Waals surface area contributed by atoms with Crippen LogP contribution in [0.2, 0.25) is 0 Å². The molecule has 8 nitrogen and oxygen atoms in total. The van der Waals surface area contributed by atoms with E-state index < -0.39 is 5.92 Å². The Labute approximate surface area is 184 Å². The Morgan fingerprint density at radius 2 is 1.81 bits per heavy atom. The van der Waals surface area contributed by atoms with Gasteiger partial charge in [0, 0.05) is 23.6 Å². The number of nitrogens with one attached hydrogen (secondary N) is 2. The molecular weight excluding hydrogens is 418 g/mol. The highest BCUT2D eigenvalue weighted by molar-refractivity contribution is 7.99. The molecule has 1 aromatic heterocycles. The van der Waals surface area contributed by atoms with Crippen LogP contribution in [0.25, 0.3) is 0 Å². The van der Waals surface area contributed by atoms with Crippen molar-refractivity contribution >= 4 is 23.4 Å². The van der Waals surface area contributed by atoms with E-state index in [-0.39, 0.29) is 11.3 Å². The van der Waals surface area contributed by atoms with Crippen molar-refractivity contribution in [1.82, 2.24) is 9.97 Å². The Hall–Kier alpha value is -2.94. The second-order valence-electron chi connectivity index (χ2n) is 7.25. The van der Waals surface area contributed by atoms with Crippen molar-refractivity contribution in [2.45, 2.75) is 37.3 Å². The number of methoxy groups -OCH3 is 3. The van der Waals surface area contributed by atoms with E-state index in [0.29, 0.717) is 51.3 Å². The summed E-state index contributed by atoms with van der Waals surface area (Å²) in [5.74, 6) is 2.11. The van der Waals surface area contributed by atoms with Gasteiger partial charge in [0.1, 0.15) is 5.82 Å². The lowest BCUT2D eigenvalue weighted by Crippen LogP contribution is -2.32. The normalized spacial score (nSPS) is 17.5. The van der Waals surface area contributed by atoms with Crippen LogP contribution in [0.1, 0.15) is 43.2 Å². The predicted molar refractivity (Wildman–Crippen MR) is 119 cm³/mol. The SMILES string of the molecule is CCSc1nc2c(c(=O)[nH]1)[C@@H](c1cc(OC)c(OC)c(OC)c1)C1=C(CCCC1=O)N2. The number of H-pyrrole nitrogens is 1. The molecule has 2 aromatic rings. The molecule has 1 aliphatic carbocycles. The number of hydrogen-bond donors (Lipinski definition) is 2. The molecular formula is C22H25N3O5S. The van der Waals surface area contributed by atoms with E-state index in [9.17, 15) is 9.59 Å². The summed E-state index contributed by atoms with van der Waals surface area (Å²) in [6.45, 7) is 2.00. The lowest BCUT2D eigenvalue weighted by Gasteiger charge is -2.33. The quantitative estimate of drug-likeness (QED) is 0.517. The monoisotopic (exact) mass is 443 g/mol. The highest BCUT2D eigenvalue weighted by atomic mass is 32.2. The number of carbonyl (C=O) groups is 1. The third kappa shape index (κ3) is 3.67. The van der Waals surface area contributed by atoms with E-state index >= 15 is 0 Å². The largest absolute Gasteiger partial charge is 0.493 e. The van der Waals surface area contributed by atoms with E-state index in [2.05, 4.69) is 15.3 Å². The van der Waals surface area contributed by atoms with Gasteiger partial charge in [0.2, 0.25) is 5.75 Å². The fourth-order valence-electron chi connectivity index (χ4n) is 4.25. The number of hydrogen-bond acceptors (Lipinski definition) is 8. The van der Waals surface area contributed by atoms with Crippen molar-refractivity contribution in [2.24, 2.45) is 0 Å². The summed E-state index contributed by atoms with van der Waals surface area (Å²) < 4.78 is 16.5. The van der Waals surface area contributed by atoms with Crippen LogP contribution in [0.3, 0.4) is 0 Å². The van der Waals surface area contributed by atoms with E-state index in [0.717, 1.165) is 24.3 Å². The molecule has 0 spiro atoms. The maximum Gasteiger partial charge on any atom is 0.257 e. The van der Waals surface area contributed by atoms with Gasteiger partial charge in [-0.15, -0.1) is 0 Å². The summed E-state index contributed by atoms with van der Waals surface area (Å²) in [5, 5.41) is 3.83. The first-order chi connectivity index (χ1) is 15.0. The number of thioether (sulfide) groups is 1. The summed E-state index contributed by atoms with van der Waals surface area (Å²) >= 11 is 1.46. The average Bonchev–Trinajstić information content (AvgIpc) is 2.77. The zero-order valence-electron chi connectivity index (χ0n) is 18.0. The van der Waals surface area contributed by atoms with Gasteiger partial charge < -0.3 is 24.5 Å². The average molecular weight is 444 g/mol. The van der Waals surface area contributed by atoms with E-state index in [1.807, 2.05) is 6.92 Å². The topological polar surface area (TPSA) is 103 Å². The number of benzene rings is 1. The Bertz CT molecular complexity index is 1100. The first kappa shape index (κ1) is 21.3. The van der Waals surface area contributed by atoms with Crippen LogP contribution in [0, 0.1) is 0 Å². The Kier molecular flexibility index (Phi) is 5.95. The molecule has 0 saturated carbocycles. The first-order valence-electron chi connectivity index (χ1n) is 10.1. The van der Waals surface area contributed by atoms with Crippen LogP contribution < -0.4 is 25.1 Å². The number of nitrogens with zero attached hydrogens (tertiary/aromatic N) is 1. The number of rotatable bonds is 6.